The zero-order chi connectivity index (χ0) is 14.8. The molecule has 2 fully saturated rings. The van der Waals surface area contributed by atoms with E-state index in [1.807, 2.05) is 19.1 Å². The van der Waals surface area contributed by atoms with Crippen LogP contribution in [0.4, 0.5) is 11.4 Å². The normalized spacial score (nSPS) is 22.1. The molecule has 0 radical (unpaired) electrons. The summed E-state index contributed by atoms with van der Waals surface area (Å²) in [6.45, 7) is 6.83. The first kappa shape index (κ1) is 14.2. The smallest absolute Gasteiger partial charge is 0.253 e. The standard InChI is InChI=1S/C16H24N4O/c1-2-18-16(21)14-6-5-12(17)10-15(14)20-9-8-19-7-3-4-13(19)11-20/h5-6,10,13H,2-4,7-9,11,17H2,1H3,(H,18,21). The summed E-state index contributed by atoms with van der Waals surface area (Å²) in [4.78, 5) is 17.1. The predicted molar refractivity (Wildman–Crippen MR) is 85.7 cm³/mol. The lowest BCUT2D eigenvalue weighted by atomic mass is 10.1. The molecule has 2 saturated heterocycles. The van der Waals surface area contributed by atoms with E-state index in [9.17, 15) is 4.79 Å². The molecule has 1 aromatic carbocycles. The Morgan fingerprint density at radius 1 is 1.38 bits per heavy atom. The van der Waals surface area contributed by atoms with E-state index in [1.165, 1.54) is 19.4 Å². The van der Waals surface area contributed by atoms with E-state index in [0.717, 1.165) is 30.9 Å². The Balaban J connectivity index is 1.86. The average Bonchev–Trinajstić information content (AvgIpc) is 2.94. The van der Waals surface area contributed by atoms with Gasteiger partial charge in [0.05, 0.1) is 11.3 Å². The molecule has 0 saturated carbocycles. The SMILES string of the molecule is CCNC(=O)c1ccc(N)cc1N1CCN2CCCC2C1. The molecular formula is C16H24N4O. The van der Waals surface area contributed by atoms with Gasteiger partial charge in [0.2, 0.25) is 0 Å². The molecule has 0 spiro atoms. The Hall–Kier alpha value is -1.75. The highest BCUT2D eigenvalue weighted by Gasteiger charge is 2.31. The van der Waals surface area contributed by atoms with Crippen LogP contribution in [0, 0.1) is 0 Å². The second-order valence-electron chi connectivity index (χ2n) is 5.91. The maximum atomic E-state index is 12.3. The molecular weight excluding hydrogens is 264 g/mol. The van der Waals surface area contributed by atoms with Crippen molar-refractivity contribution in [1.82, 2.24) is 10.2 Å². The average molecular weight is 288 g/mol. The van der Waals surface area contributed by atoms with Gasteiger partial charge in [-0.05, 0) is 44.5 Å². The number of hydrogen-bond donors (Lipinski definition) is 2. The van der Waals surface area contributed by atoms with E-state index in [1.54, 1.807) is 6.07 Å². The highest BCUT2D eigenvalue weighted by Crippen LogP contribution is 2.29. The number of rotatable bonds is 3. The second-order valence-corrected chi connectivity index (χ2v) is 5.91. The molecule has 1 unspecified atom stereocenters. The first-order valence-corrected chi connectivity index (χ1v) is 7.85. The van der Waals surface area contributed by atoms with E-state index in [4.69, 9.17) is 5.73 Å². The van der Waals surface area contributed by atoms with Gasteiger partial charge in [0.1, 0.15) is 0 Å². The van der Waals surface area contributed by atoms with Crippen molar-refractivity contribution in [3.63, 3.8) is 0 Å². The molecule has 5 heteroatoms. The van der Waals surface area contributed by atoms with Crippen molar-refractivity contribution < 1.29 is 4.79 Å². The Morgan fingerprint density at radius 3 is 3.05 bits per heavy atom. The molecule has 5 nitrogen and oxygen atoms in total. The number of nitrogens with two attached hydrogens (primary N) is 1. The number of anilines is 2. The molecule has 0 aliphatic carbocycles. The first-order valence-electron chi connectivity index (χ1n) is 7.85. The number of nitrogens with zero attached hydrogens (tertiary/aromatic N) is 2. The van der Waals surface area contributed by atoms with Crippen LogP contribution < -0.4 is 16.0 Å². The van der Waals surface area contributed by atoms with Crippen LogP contribution in [-0.4, -0.2) is 49.6 Å². The van der Waals surface area contributed by atoms with E-state index in [2.05, 4.69) is 15.1 Å². The monoisotopic (exact) mass is 288 g/mol. The van der Waals surface area contributed by atoms with Gasteiger partial charge in [0.25, 0.3) is 5.91 Å². The maximum absolute atomic E-state index is 12.3. The minimum absolute atomic E-state index is 0.0126. The van der Waals surface area contributed by atoms with Crippen molar-refractivity contribution in [3.8, 4) is 0 Å². The fourth-order valence-electron chi connectivity index (χ4n) is 3.47. The molecule has 2 aliphatic rings. The molecule has 1 aromatic rings. The fraction of sp³-hybridized carbons (Fsp3) is 0.562. The lowest BCUT2D eigenvalue weighted by molar-refractivity contribution is 0.0956. The third-order valence-corrected chi connectivity index (χ3v) is 4.53. The van der Waals surface area contributed by atoms with Gasteiger partial charge >= 0.3 is 0 Å². The quantitative estimate of drug-likeness (QED) is 0.823. The highest BCUT2D eigenvalue weighted by atomic mass is 16.1. The fourth-order valence-corrected chi connectivity index (χ4v) is 3.47. The number of fused-ring (bicyclic) bond motifs is 1. The van der Waals surface area contributed by atoms with Crippen LogP contribution in [0.3, 0.4) is 0 Å². The molecule has 2 heterocycles. The summed E-state index contributed by atoms with van der Waals surface area (Å²) >= 11 is 0. The van der Waals surface area contributed by atoms with Gasteiger partial charge in [-0.1, -0.05) is 0 Å². The third kappa shape index (κ3) is 2.83. The number of amides is 1. The predicted octanol–water partition coefficient (Wildman–Crippen LogP) is 1.30. The minimum atomic E-state index is -0.0126. The first-order chi connectivity index (χ1) is 10.2. The summed E-state index contributed by atoms with van der Waals surface area (Å²) in [5.41, 5.74) is 8.37. The topological polar surface area (TPSA) is 61.6 Å². The molecule has 1 amide bonds. The third-order valence-electron chi connectivity index (χ3n) is 4.53. The van der Waals surface area contributed by atoms with Crippen molar-refractivity contribution in [1.29, 1.82) is 0 Å². The van der Waals surface area contributed by atoms with Crippen molar-refractivity contribution in [2.45, 2.75) is 25.8 Å². The van der Waals surface area contributed by atoms with Gasteiger partial charge in [-0.2, -0.15) is 0 Å². The molecule has 3 rings (SSSR count). The summed E-state index contributed by atoms with van der Waals surface area (Å²) in [5, 5.41) is 2.89. The minimum Gasteiger partial charge on any atom is -0.399 e. The van der Waals surface area contributed by atoms with E-state index < -0.39 is 0 Å². The van der Waals surface area contributed by atoms with Gasteiger partial charge in [0, 0.05) is 37.9 Å². The van der Waals surface area contributed by atoms with Crippen molar-refractivity contribution in [3.05, 3.63) is 23.8 Å². The van der Waals surface area contributed by atoms with Gasteiger partial charge in [-0.3, -0.25) is 9.69 Å². The number of nitrogens with one attached hydrogen (secondary N) is 1. The number of carbonyl (C=O) groups is 1. The molecule has 2 aliphatic heterocycles. The second kappa shape index (κ2) is 5.93. The van der Waals surface area contributed by atoms with Crippen molar-refractivity contribution >= 4 is 17.3 Å². The lowest BCUT2D eigenvalue weighted by Gasteiger charge is -2.39. The number of benzene rings is 1. The number of piperazine rings is 1. The van der Waals surface area contributed by atoms with Crippen LogP contribution in [0.1, 0.15) is 30.1 Å². The van der Waals surface area contributed by atoms with Gasteiger partial charge < -0.3 is 16.0 Å². The van der Waals surface area contributed by atoms with E-state index in [0.29, 0.717) is 18.3 Å². The number of hydrogen-bond acceptors (Lipinski definition) is 4. The van der Waals surface area contributed by atoms with Crippen LogP contribution in [0.2, 0.25) is 0 Å². The summed E-state index contributed by atoms with van der Waals surface area (Å²) in [6, 6.07) is 6.22. The summed E-state index contributed by atoms with van der Waals surface area (Å²) in [6.07, 6.45) is 2.55. The van der Waals surface area contributed by atoms with Crippen LogP contribution in [0.25, 0.3) is 0 Å². The maximum Gasteiger partial charge on any atom is 0.253 e. The van der Waals surface area contributed by atoms with Gasteiger partial charge in [-0.15, -0.1) is 0 Å². The number of nitrogen functional groups attached to an aromatic ring is 1. The molecule has 0 aromatic heterocycles. The van der Waals surface area contributed by atoms with Gasteiger partial charge in [-0.25, -0.2) is 0 Å². The largest absolute Gasteiger partial charge is 0.399 e. The Labute approximate surface area is 126 Å². The summed E-state index contributed by atoms with van der Waals surface area (Å²) < 4.78 is 0. The molecule has 1 atom stereocenters. The Bertz CT molecular complexity index is 531. The summed E-state index contributed by atoms with van der Waals surface area (Å²) in [7, 11) is 0. The van der Waals surface area contributed by atoms with Gasteiger partial charge in [0.15, 0.2) is 0 Å². The zero-order valence-corrected chi connectivity index (χ0v) is 12.6. The molecule has 114 valence electrons. The Morgan fingerprint density at radius 2 is 2.24 bits per heavy atom. The van der Waals surface area contributed by atoms with Crippen molar-refractivity contribution in [2.24, 2.45) is 0 Å². The number of carbonyl (C=O) groups excluding carboxylic acids is 1. The molecule has 3 N–H and O–H groups in total. The van der Waals surface area contributed by atoms with Crippen LogP contribution >= 0.6 is 0 Å². The zero-order valence-electron chi connectivity index (χ0n) is 12.6. The Kier molecular flexibility index (Phi) is 4.01. The van der Waals surface area contributed by atoms with E-state index in [-0.39, 0.29) is 5.91 Å². The molecule has 0 bridgehead atoms. The highest BCUT2D eigenvalue weighted by molar-refractivity contribution is 6.00. The summed E-state index contributed by atoms with van der Waals surface area (Å²) in [5.74, 6) is -0.0126. The molecule has 21 heavy (non-hydrogen) atoms. The van der Waals surface area contributed by atoms with Crippen LogP contribution in [0.5, 0.6) is 0 Å². The van der Waals surface area contributed by atoms with Crippen LogP contribution in [0.15, 0.2) is 18.2 Å². The van der Waals surface area contributed by atoms with Crippen LogP contribution in [-0.2, 0) is 0 Å². The van der Waals surface area contributed by atoms with E-state index >= 15 is 0 Å². The van der Waals surface area contributed by atoms with Crippen molar-refractivity contribution in [2.75, 3.05) is 43.4 Å². The lowest BCUT2D eigenvalue weighted by Crippen LogP contribution is -2.50.